The Kier molecular flexibility index (Phi) is 6.32. The zero-order valence-corrected chi connectivity index (χ0v) is 16.2. The molecule has 0 spiro atoms. The minimum atomic E-state index is -0.411. The van der Waals surface area contributed by atoms with Crippen molar-refractivity contribution in [1.29, 1.82) is 0 Å². The van der Waals surface area contributed by atoms with E-state index in [1.165, 1.54) is 6.07 Å². The Bertz CT molecular complexity index is 922. The van der Waals surface area contributed by atoms with Gasteiger partial charge in [0, 0.05) is 23.4 Å². The van der Waals surface area contributed by atoms with Gasteiger partial charge < -0.3 is 15.2 Å². The monoisotopic (exact) mass is 425 g/mol. The van der Waals surface area contributed by atoms with Crippen molar-refractivity contribution in [3.8, 4) is 11.5 Å². The molecule has 3 nitrogen and oxygen atoms in total. The van der Waals surface area contributed by atoms with Gasteiger partial charge in [-0.15, -0.1) is 0 Å². The normalized spacial score (nSPS) is 10.7. The smallest absolute Gasteiger partial charge is 0.152 e. The molecule has 0 aliphatic rings. The minimum absolute atomic E-state index is 0.0133. The second-order valence-electron chi connectivity index (χ2n) is 5.74. The molecule has 27 heavy (non-hydrogen) atoms. The number of ether oxygens (including phenoxy) is 1. The lowest BCUT2D eigenvalue weighted by Gasteiger charge is -2.14. The number of aromatic hydroxyl groups is 1. The minimum Gasteiger partial charge on any atom is -0.505 e. The molecule has 140 valence electrons. The maximum absolute atomic E-state index is 13.9. The van der Waals surface area contributed by atoms with Crippen LogP contribution < -0.4 is 10.1 Å². The second-order valence-corrected chi connectivity index (χ2v) is 6.96. The summed E-state index contributed by atoms with van der Waals surface area (Å²) in [6, 6.07) is 15.0. The molecule has 0 amide bonds. The van der Waals surface area contributed by atoms with Gasteiger partial charge in [-0.2, -0.15) is 0 Å². The molecular formula is C20H15Cl3FNO2. The standard InChI is InChI=1S/C20H15Cl3FNO2/c21-15-5-3-6-18(24)14(15)11-27-19-7-2-1-4-12(19)10-25-13-8-16(22)20(26)17(23)9-13/h1-9,25-26H,10-11H2. The van der Waals surface area contributed by atoms with E-state index in [1.807, 2.05) is 18.2 Å². The Morgan fingerprint density at radius 1 is 0.926 bits per heavy atom. The van der Waals surface area contributed by atoms with Gasteiger partial charge in [-0.1, -0.05) is 59.1 Å². The predicted octanol–water partition coefficient (Wildman–Crippen LogP) is 6.68. The van der Waals surface area contributed by atoms with Crippen LogP contribution in [0.1, 0.15) is 11.1 Å². The van der Waals surface area contributed by atoms with E-state index in [0.29, 0.717) is 28.6 Å². The maximum atomic E-state index is 13.9. The summed E-state index contributed by atoms with van der Waals surface area (Å²) in [5, 5.41) is 13.4. The highest BCUT2D eigenvalue weighted by molar-refractivity contribution is 6.37. The highest BCUT2D eigenvalue weighted by atomic mass is 35.5. The Morgan fingerprint density at radius 2 is 1.63 bits per heavy atom. The molecule has 0 aliphatic heterocycles. The van der Waals surface area contributed by atoms with Crippen LogP contribution >= 0.6 is 34.8 Å². The number of hydrogen-bond acceptors (Lipinski definition) is 3. The number of halogens is 4. The van der Waals surface area contributed by atoms with Gasteiger partial charge >= 0.3 is 0 Å². The molecule has 0 saturated heterocycles. The zero-order chi connectivity index (χ0) is 19.4. The predicted molar refractivity (Wildman–Crippen MR) is 108 cm³/mol. The van der Waals surface area contributed by atoms with E-state index in [-0.39, 0.29) is 22.4 Å². The molecule has 0 aliphatic carbocycles. The molecule has 0 unspecified atom stereocenters. The van der Waals surface area contributed by atoms with E-state index < -0.39 is 5.82 Å². The second kappa shape index (κ2) is 8.70. The lowest BCUT2D eigenvalue weighted by molar-refractivity contribution is 0.297. The zero-order valence-electron chi connectivity index (χ0n) is 14.0. The summed E-state index contributed by atoms with van der Waals surface area (Å²) < 4.78 is 19.7. The van der Waals surface area contributed by atoms with Gasteiger partial charge in [0.15, 0.2) is 5.75 Å². The fraction of sp³-hybridized carbons (Fsp3) is 0.100. The number of nitrogens with one attached hydrogen (secondary N) is 1. The van der Waals surface area contributed by atoms with Crippen molar-refractivity contribution in [2.24, 2.45) is 0 Å². The Balaban J connectivity index is 1.73. The number of hydrogen-bond donors (Lipinski definition) is 2. The van der Waals surface area contributed by atoms with Crippen molar-refractivity contribution in [3.63, 3.8) is 0 Å². The van der Waals surface area contributed by atoms with E-state index in [0.717, 1.165) is 5.56 Å². The topological polar surface area (TPSA) is 41.5 Å². The highest BCUT2D eigenvalue weighted by Gasteiger charge is 2.11. The molecule has 3 aromatic rings. The van der Waals surface area contributed by atoms with Crippen molar-refractivity contribution < 1.29 is 14.2 Å². The number of phenolic OH excluding ortho intramolecular Hbond substituents is 1. The number of rotatable bonds is 6. The van der Waals surface area contributed by atoms with E-state index in [9.17, 15) is 9.50 Å². The highest BCUT2D eigenvalue weighted by Crippen LogP contribution is 2.35. The molecule has 0 radical (unpaired) electrons. The average Bonchev–Trinajstić information content (AvgIpc) is 2.64. The third-order valence-electron chi connectivity index (χ3n) is 3.91. The molecule has 0 aromatic heterocycles. The van der Waals surface area contributed by atoms with E-state index >= 15 is 0 Å². The third-order valence-corrected chi connectivity index (χ3v) is 4.84. The summed E-state index contributed by atoms with van der Waals surface area (Å²) in [4.78, 5) is 0. The molecule has 0 heterocycles. The number of phenols is 1. The summed E-state index contributed by atoms with van der Waals surface area (Å²) in [5.41, 5.74) is 1.80. The maximum Gasteiger partial charge on any atom is 0.152 e. The lowest BCUT2D eigenvalue weighted by Crippen LogP contribution is -2.05. The summed E-state index contributed by atoms with van der Waals surface area (Å²) in [7, 11) is 0. The van der Waals surface area contributed by atoms with Crippen LogP contribution in [-0.2, 0) is 13.2 Å². The van der Waals surface area contributed by atoms with Crippen molar-refractivity contribution in [2.75, 3.05) is 5.32 Å². The summed E-state index contributed by atoms with van der Waals surface area (Å²) in [6.45, 7) is 0.429. The SMILES string of the molecule is Oc1c(Cl)cc(NCc2ccccc2OCc2c(F)cccc2Cl)cc1Cl. The third kappa shape index (κ3) is 4.78. The van der Waals surface area contributed by atoms with Crippen LogP contribution in [0.4, 0.5) is 10.1 Å². The van der Waals surface area contributed by atoms with Crippen LogP contribution in [0.3, 0.4) is 0 Å². The Morgan fingerprint density at radius 3 is 2.33 bits per heavy atom. The number of anilines is 1. The van der Waals surface area contributed by atoms with Gasteiger partial charge in [0.2, 0.25) is 0 Å². The van der Waals surface area contributed by atoms with E-state index in [1.54, 1.807) is 30.3 Å². The van der Waals surface area contributed by atoms with Crippen LogP contribution in [0.2, 0.25) is 15.1 Å². The van der Waals surface area contributed by atoms with Crippen molar-refractivity contribution >= 4 is 40.5 Å². The van der Waals surface area contributed by atoms with Gasteiger partial charge in [0.25, 0.3) is 0 Å². The number of benzene rings is 3. The van der Waals surface area contributed by atoms with Crippen LogP contribution in [0.15, 0.2) is 54.6 Å². The van der Waals surface area contributed by atoms with Crippen LogP contribution in [0, 0.1) is 5.82 Å². The summed E-state index contributed by atoms with van der Waals surface area (Å²) >= 11 is 17.9. The first-order valence-electron chi connectivity index (χ1n) is 8.01. The van der Waals surface area contributed by atoms with Crippen molar-refractivity contribution in [1.82, 2.24) is 0 Å². The Hall–Kier alpha value is -2.14. The molecule has 0 fully saturated rings. The van der Waals surface area contributed by atoms with Crippen molar-refractivity contribution in [2.45, 2.75) is 13.2 Å². The molecule has 0 atom stereocenters. The summed E-state index contributed by atoms with van der Waals surface area (Å²) in [5.74, 6) is 0.0289. The number of para-hydroxylation sites is 1. The lowest BCUT2D eigenvalue weighted by atomic mass is 10.2. The molecular weight excluding hydrogens is 412 g/mol. The largest absolute Gasteiger partial charge is 0.505 e. The van der Waals surface area contributed by atoms with Gasteiger partial charge in [-0.25, -0.2) is 4.39 Å². The van der Waals surface area contributed by atoms with Crippen molar-refractivity contribution in [3.05, 3.63) is 86.6 Å². The quantitative estimate of drug-likeness (QED) is 0.432. The van der Waals surface area contributed by atoms with Gasteiger partial charge in [0.05, 0.1) is 15.1 Å². The molecule has 3 aromatic carbocycles. The molecule has 0 saturated carbocycles. The average molecular weight is 427 g/mol. The van der Waals surface area contributed by atoms with Gasteiger partial charge in [-0.05, 0) is 30.3 Å². The van der Waals surface area contributed by atoms with Crippen LogP contribution in [0.5, 0.6) is 11.5 Å². The van der Waals surface area contributed by atoms with Gasteiger partial charge in [-0.3, -0.25) is 0 Å². The van der Waals surface area contributed by atoms with Crippen LogP contribution in [0.25, 0.3) is 0 Å². The van der Waals surface area contributed by atoms with E-state index in [4.69, 9.17) is 39.5 Å². The van der Waals surface area contributed by atoms with Gasteiger partial charge in [0.1, 0.15) is 18.2 Å². The fourth-order valence-electron chi connectivity index (χ4n) is 2.48. The molecule has 7 heteroatoms. The first kappa shape index (κ1) is 19.6. The Labute approximate surface area is 171 Å². The molecule has 3 rings (SSSR count). The first-order valence-corrected chi connectivity index (χ1v) is 9.14. The molecule has 0 bridgehead atoms. The first-order chi connectivity index (χ1) is 13.0. The molecule has 2 N–H and O–H groups in total. The van der Waals surface area contributed by atoms with E-state index in [2.05, 4.69) is 5.32 Å². The fourth-order valence-corrected chi connectivity index (χ4v) is 3.18. The van der Waals surface area contributed by atoms with Crippen LogP contribution in [-0.4, -0.2) is 5.11 Å². The summed E-state index contributed by atoms with van der Waals surface area (Å²) in [6.07, 6.45) is 0.